The molecule has 0 aliphatic carbocycles. The van der Waals surface area contributed by atoms with E-state index in [1.165, 1.54) is 16.4 Å². The molecule has 1 fully saturated rings. The predicted molar refractivity (Wildman–Crippen MR) is 113 cm³/mol. The van der Waals surface area contributed by atoms with Crippen LogP contribution in [-0.2, 0) is 14.8 Å². The number of nitriles is 1. The second-order valence-electron chi connectivity index (χ2n) is 7.49. The van der Waals surface area contributed by atoms with E-state index in [9.17, 15) is 18.5 Å². The molecule has 0 atom stereocenters. The van der Waals surface area contributed by atoms with Crippen LogP contribution in [0.3, 0.4) is 0 Å². The summed E-state index contributed by atoms with van der Waals surface area (Å²) in [5.74, 6) is 0.816. The summed E-state index contributed by atoms with van der Waals surface area (Å²) in [6, 6.07) is 13.4. The van der Waals surface area contributed by atoms with Gasteiger partial charge in [0.15, 0.2) is 11.5 Å². The van der Waals surface area contributed by atoms with Gasteiger partial charge in [0, 0.05) is 37.2 Å². The average molecular weight is 442 g/mol. The van der Waals surface area contributed by atoms with Gasteiger partial charge in [0.2, 0.25) is 15.9 Å². The lowest BCUT2D eigenvalue weighted by molar-refractivity contribution is -0.120. The first kappa shape index (κ1) is 21.2. The molecule has 2 aromatic carbocycles. The van der Waals surface area contributed by atoms with Gasteiger partial charge in [0.1, 0.15) is 6.07 Å². The first-order chi connectivity index (χ1) is 15.0. The molecule has 0 spiro atoms. The minimum Gasteiger partial charge on any atom is -0.490 e. The maximum Gasteiger partial charge on any atom is 0.244 e. The summed E-state index contributed by atoms with van der Waals surface area (Å²) in [7, 11) is -3.78. The van der Waals surface area contributed by atoms with Crippen molar-refractivity contribution >= 4 is 21.6 Å². The van der Waals surface area contributed by atoms with E-state index in [1.54, 1.807) is 30.3 Å². The highest BCUT2D eigenvalue weighted by atomic mass is 32.2. The zero-order valence-electron chi connectivity index (χ0n) is 16.9. The molecular weight excluding hydrogens is 418 g/mol. The van der Waals surface area contributed by atoms with Crippen LogP contribution in [0.1, 0.15) is 24.8 Å². The number of anilines is 1. The summed E-state index contributed by atoms with van der Waals surface area (Å²) in [6.07, 6.45) is 1.62. The average Bonchev–Trinajstić information content (AvgIpc) is 3.04. The Bertz CT molecular complexity index is 1120. The van der Waals surface area contributed by atoms with E-state index in [-0.39, 0.29) is 35.4 Å². The van der Waals surface area contributed by atoms with Crippen molar-refractivity contribution in [1.82, 2.24) is 4.31 Å². The number of nitrogens with one attached hydrogen (secondary N) is 1. The zero-order valence-corrected chi connectivity index (χ0v) is 17.7. The van der Waals surface area contributed by atoms with Gasteiger partial charge in [-0.3, -0.25) is 4.79 Å². The van der Waals surface area contributed by atoms with Crippen LogP contribution in [0.5, 0.6) is 11.5 Å². The third-order valence-corrected chi connectivity index (χ3v) is 7.42. The highest BCUT2D eigenvalue weighted by Crippen LogP contribution is 2.33. The topological polar surface area (TPSA) is 109 Å². The van der Waals surface area contributed by atoms with E-state index in [2.05, 4.69) is 5.32 Å². The van der Waals surface area contributed by atoms with E-state index >= 15 is 0 Å². The van der Waals surface area contributed by atoms with E-state index in [1.807, 2.05) is 6.07 Å². The van der Waals surface area contributed by atoms with Crippen molar-refractivity contribution in [2.75, 3.05) is 31.6 Å². The predicted octanol–water partition coefficient (Wildman–Crippen LogP) is 2.76. The van der Waals surface area contributed by atoms with Gasteiger partial charge in [-0.1, -0.05) is 12.1 Å². The molecule has 9 heteroatoms. The van der Waals surface area contributed by atoms with Gasteiger partial charge in [0.05, 0.1) is 23.7 Å². The fraction of sp³-hybridized carbons (Fsp3) is 0.364. The number of amides is 1. The third-order valence-electron chi connectivity index (χ3n) is 5.47. The second-order valence-corrected chi connectivity index (χ2v) is 9.39. The first-order valence-electron chi connectivity index (χ1n) is 10.2. The lowest BCUT2D eigenvalue weighted by Gasteiger charge is -2.30. The quantitative estimate of drug-likeness (QED) is 0.782. The van der Waals surface area contributed by atoms with Gasteiger partial charge < -0.3 is 14.8 Å². The summed E-state index contributed by atoms with van der Waals surface area (Å²) in [5.41, 5.74) is 0.740. The number of ether oxygens (including phenoxy) is 2. The SMILES string of the molecule is N#Cc1ccccc1S(=O)(=O)N1CCC(C(=O)Nc2ccc3c(c2)OCCCO3)CC1. The standard InChI is InChI=1S/C22H23N3O5S/c23-15-17-4-1-2-5-21(17)31(27,28)25-10-8-16(9-11-25)22(26)24-18-6-7-19-20(14-18)30-13-3-12-29-19/h1-2,4-7,14,16H,3,8-13H2,(H,24,26). The molecule has 8 nitrogen and oxygen atoms in total. The zero-order chi connectivity index (χ0) is 21.8. The van der Waals surface area contributed by atoms with Crippen molar-refractivity contribution < 1.29 is 22.7 Å². The number of piperidine rings is 1. The van der Waals surface area contributed by atoms with Crippen LogP contribution in [0.15, 0.2) is 47.4 Å². The van der Waals surface area contributed by atoms with E-state index in [4.69, 9.17) is 9.47 Å². The number of hydrogen-bond acceptors (Lipinski definition) is 6. The number of carbonyl (C=O) groups is 1. The maximum atomic E-state index is 12.9. The summed E-state index contributed by atoms with van der Waals surface area (Å²) < 4.78 is 38.5. The van der Waals surface area contributed by atoms with Crippen molar-refractivity contribution in [3.05, 3.63) is 48.0 Å². The Morgan fingerprint density at radius 1 is 1.06 bits per heavy atom. The molecular formula is C22H23N3O5S. The van der Waals surface area contributed by atoms with Gasteiger partial charge in [-0.15, -0.1) is 0 Å². The molecule has 0 unspecified atom stereocenters. The Morgan fingerprint density at radius 3 is 2.52 bits per heavy atom. The molecule has 0 aromatic heterocycles. The van der Waals surface area contributed by atoms with Gasteiger partial charge in [-0.25, -0.2) is 8.42 Å². The smallest absolute Gasteiger partial charge is 0.244 e. The van der Waals surface area contributed by atoms with Crippen molar-refractivity contribution in [3.8, 4) is 17.6 Å². The fourth-order valence-electron chi connectivity index (χ4n) is 3.77. The fourth-order valence-corrected chi connectivity index (χ4v) is 5.38. The summed E-state index contributed by atoms with van der Waals surface area (Å²) in [6.45, 7) is 1.61. The maximum absolute atomic E-state index is 12.9. The molecule has 0 saturated carbocycles. The lowest BCUT2D eigenvalue weighted by atomic mass is 9.97. The molecule has 1 saturated heterocycles. The number of hydrogen-bond donors (Lipinski definition) is 1. The number of sulfonamides is 1. The van der Waals surface area contributed by atoms with Gasteiger partial charge in [-0.05, 0) is 37.1 Å². The summed E-state index contributed by atoms with van der Waals surface area (Å²) in [4.78, 5) is 12.7. The Balaban J connectivity index is 1.39. The molecule has 31 heavy (non-hydrogen) atoms. The molecule has 2 aromatic rings. The minimum atomic E-state index is -3.78. The van der Waals surface area contributed by atoms with Crippen LogP contribution >= 0.6 is 0 Å². The van der Waals surface area contributed by atoms with Crippen LogP contribution in [0, 0.1) is 17.2 Å². The molecule has 162 valence electrons. The monoisotopic (exact) mass is 441 g/mol. The van der Waals surface area contributed by atoms with Crippen molar-refractivity contribution in [2.45, 2.75) is 24.2 Å². The molecule has 2 heterocycles. The lowest BCUT2D eigenvalue weighted by Crippen LogP contribution is -2.41. The first-order valence-corrected chi connectivity index (χ1v) is 11.6. The summed E-state index contributed by atoms with van der Waals surface area (Å²) in [5, 5.41) is 12.1. The minimum absolute atomic E-state index is 0.00704. The number of carbonyl (C=O) groups excluding carboxylic acids is 1. The molecule has 1 amide bonds. The number of nitrogens with zero attached hydrogens (tertiary/aromatic N) is 2. The van der Waals surface area contributed by atoms with Crippen LogP contribution in [-0.4, -0.2) is 44.9 Å². The Morgan fingerprint density at radius 2 is 1.77 bits per heavy atom. The number of fused-ring (bicyclic) bond motifs is 1. The highest BCUT2D eigenvalue weighted by molar-refractivity contribution is 7.89. The Hall–Kier alpha value is -3.09. The van der Waals surface area contributed by atoms with E-state index in [0.717, 1.165) is 6.42 Å². The Labute approximate surface area is 181 Å². The third kappa shape index (κ3) is 4.50. The molecule has 4 rings (SSSR count). The van der Waals surface area contributed by atoms with Crippen LogP contribution < -0.4 is 14.8 Å². The summed E-state index contributed by atoms with van der Waals surface area (Å²) >= 11 is 0. The second kappa shape index (κ2) is 8.96. The molecule has 0 radical (unpaired) electrons. The molecule has 1 N–H and O–H groups in total. The molecule has 0 bridgehead atoms. The van der Waals surface area contributed by atoms with E-state index < -0.39 is 10.0 Å². The number of benzene rings is 2. The van der Waals surface area contributed by atoms with Crippen molar-refractivity contribution in [1.29, 1.82) is 5.26 Å². The normalized spacial score (nSPS) is 17.4. The van der Waals surface area contributed by atoms with Gasteiger partial charge >= 0.3 is 0 Å². The molecule has 2 aliphatic rings. The van der Waals surface area contributed by atoms with Gasteiger partial charge in [0.25, 0.3) is 0 Å². The molecule has 2 aliphatic heterocycles. The highest BCUT2D eigenvalue weighted by Gasteiger charge is 2.33. The van der Waals surface area contributed by atoms with Gasteiger partial charge in [-0.2, -0.15) is 9.57 Å². The van der Waals surface area contributed by atoms with Crippen LogP contribution in [0.2, 0.25) is 0 Å². The van der Waals surface area contributed by atoms with E-state index in [0.29, 0.717) is 43.2 Å². The van der Waals surface area contributed by atoms with Crippen molar-refractivity contribution in [3.63, 3.8) is 0 Å². The largest absolute Gasteiger partial charge is 0.490 e. The van der Waals surface area contributed by atoms with Crippen LogP contribution in [0.25, 0.3) is 0 Å². The van der Waals surface area contributed by atoms with Crippen molar-refractivity contribution in [2.24, 2.45) is 5.92 Å². The Kier molecular flexibility index (Phi) is 6.11. The number of rotatable bonds is 4. The van der Waals surface area contributed by atoms with Crippen LogP contribution in [0.4, 0.5) is 5.69 Å².